The molecule has 0 aromatic heterocycles. The van der Waals surface area contributed by atoms with Crippen LogP contribution in [0.1, 0.15) is 42.9 Å². The number of hydrogen-bond donors (Lipinski definition) is 1. The number of fused-ring (bicyclic) bond motifs is 1. The highest BCUT2D eigenvalue weighted by Crippen LogP contribution is 2.30. The van der Waals surface area contributed by atoms with E-state index in [1.807, 2.05) is 54.6 Å². The summed E-state index contributed by atoms with van der Waals surface area (Å²) in [5.74, 6) is 0.403. The predicted octanol–water partition coefficient (Wildman–Crippen LogP) is 4.56. The first-order valence-corrected chi connectivity index (χ1v) is 15.7. The lowest BCUT2D eigenvalue weighted by molar-refractivity contribution is -0.205. The fourth-order valence-electron chi connectivity index (χ4n) is 6.02. The van der Waals surface area contributed by atoms with Crippen LogP contribution in [0.25, 0.3) is 0 Å². The van der Waals surface area contributed by atoms with E-state index in [-0.39, 0.29) is 49.4 Å². The summed E-state index contributed by atoms with van der Waals surface area (Å²) in [4.78, 5) is 45.3. The number of hydrogen-bond acceptors (Lipinski definition) is 6. The van der Waals surface area contributed by atoms with Crippen molar-refractivity contribution in [2.45, 2.75) is 57.8 Å². The van der Waals surface area contributed by atoms with Crippen molar-refractivity contribution in [3.8, 4) is 11.5 Å². The number of aromatic hydroxyl groups is 1. The molecule has 0 bridgehead atoms. The number of piperazine rings is 1. The number of phenols is 1. The van der Waals surface area contributed by atoms with Crippen molar-refractivity contribution < 1.29 is 24.2 Å². The van der Waals surface area contributed by atoms with E-state index in [1.165, 1.54) is 0 Å². The standard InChI is InChI=1S/C36H42N4O5/c1-3-5-22-45-31-18-13-29(14-19-31)24-37-25-33-39(32(36(37)44)23-28-11-16-30(41)17-12-28)35(43)26-38(21-4-2)40(33)34(42)20-15-27-9-7-6-8-10-27/h4,6-14,16-19,32-33,41H,2-3,5,15,20-26H2,1H3/t32-,33-/m0/s1. The van der Waals surface area contributed by atoms with Crippen LogP contribution in [0.3, 0.4) is 0 Å². The third-order valence-electron chi connectivity index (χ3n) is 8.32. The topological polar surface area (TPSA) is 93.6 Å². The van der Waals surface area contributed by atoms with Gasteiger partial charge in [0.1, 0.15) is 23.7 Å². The first-order chi connectivity index (χ1) is 21.9. The summed E-state index contributed by atoms with van der Waals surface area (Å²) >= 11 is 0. The number of rotatable bonds is 13. The molecule has 2 fully saturated rings. The summed E-state index contributed by atoms with van der Waals surface area (Å²) in [6, 6.07) is 23.4. The maximum absolute atomic E-state index is 14.2. The Kier molecular flexibility index (Phi) is 10.5. The number of unbranched alkanes of at least 4 members (excludes halogenated alkanes) is 1. The Labute approximate surface area is 265 Å². The molecule has 0 aliphatic carbocycles. The summed E-state index contributed by atoms with van der Waals surface area (Å²) in [6.07, 6.45) is 4.12. The van der Waals surface area contributed by atoms with E-state index < -0.39 is 12.2 Å². The van der Waals surface area contributed by atoms with Crippen LogP contribution in [0.4, 0.5) is 0 Å². The maximum atomic E-state index is 14.2. The van der Waals surface area contributed by atoms with Gasteiger partial charge in [0.25, 0.3) is 0 Å². The second kappa shape index (κ2) is 14.9. The Morgan fingerprint density at radius 3 is 2.38 bits per heavy atom. The van der Waals surface area contributed by atoms with Gasteiger partial charge in [-0.3, -0.25) is 14.4 Å². The highest BCUT2D eigenvalue weighted by molar-refractivity contribution is 5.92. The second-order valence-electron chi connectivity index (χ2n) is 11.6. The van der Waals surface area contributed by atoms with Crippen LogP contribution in [0.5, 0.6) is 11.5 Å². The number of carbonyl (C=O) groups excluding carboxylic acids is 3. The van der Waals surface area contributed by atoms with Gasteiger partial charge in [-0.05, 0) is 53.8 Å². The van der Waals surface area contributed by atoms with Crippen molar-refractivity contribution in [3.05, 3.63) is 108 Å². The zero-order chi connectivity index (χ0) is 31.8. The van der Waals surface area contributed by atoms with Crippen LogP contribution in [-0.4, -0.2) is 81.1 Å². The third kappa shape index (κ3) is 7.72. The van der Waals surface area contributed by atoms with Gasteiger partial charge in [0.15, 0.2) is 0 Å². The van der Waals surface area contributed by atoms with Crippen LogP contribution in [0.2, 0.25) is 0 Å². The zero-order valence-electron chi connectivity index (χ0n) is 25.9. The normalized spacial score (nSPS) is 18.6. The molecule has 3 amide bonds. The molecule has 2 heterocycles. The van der Waals surface area contributed by atoms with Gasteiger partial charge < -0.3 is 19.6 Å². The van der Waals surface area contributed by atoms with E-state index in [4.69, 9.17) is 4.74 Å². The monoisotopic (exact) mass is 610 g/mol. The average molecular weight is 611 g/mol. The van der Waals surface area contributed by atoms with Gasteiger partial charge in [0.05, 0.1) is 19.7 Å². The van der Waals surface area contributed by atoms with Crippen LogP contribution in [0, 0.1) is 0 Å². The third-order valence-corrected chi connectivity index (χ3v) is 8.32. The quantitative estimate of drug-likeness (QED) is 0.225. The number of phenolic OH excluding ortho intramolecular Hbond substituents is 1. The van der Waals surface area contributed by atoms with Crippen LogP contribution >= 0.6 is 0 Å². The van der Waals surface area contributed by atoms with Crippen molar-refractivity contribution in [1.29, 1.82) is 0 Å². The fraction of sp³-hybridized carbons (Fsp3) is 0.361. The zero-order valence-corrected chi connectivity index (χ0v) is 25.9. The summed E-state index contributed by atoms with van der Waals surface area (Å²) in [5, 5.41) is 13.3. The van der Waals surface area contributed by atoms with Gasteiger partial charge in [0.2, 0.25) is 17.7 Å². The number of ether oxygens (including phenoxy) is 1. The molecular weight excluding hydrogens is 568 g/mol. The molecule has 3 aromatic carbocycles. The number of benzene rings is 3. The van der Waals surface area contributed by atoms with Gasteiger partial charge in [-0.25, -0.2) is 10.0 Å². The minimum atomic E-state index is -0.812. The van der Waals surface area contributed by atoms with E-state index in [9.17, 15) is 19.5 Å². The molecule has 9 nitrogen and oxygen atoms in total. The van der Waals surface area contributed by atoms with Crippen molar-refractivity contribution >= 4 is 17.7 Å². The molecule has 9 heteroatoms. The summed E-state index contributed by atoms with van der Waals surface area (Å²) in [6.45, 7) is 7.43. The Bertz CT molecular complexity index is 1460. The Balaban J connectivity index is 1.44. The van der Waals surface area contributed by atoms with Crippen LogP contribution < -0.4 is 4.74 Å². The number of hydrazine groups is 1. The van der Waals surface area contributed by atoms with Gasteiger partial charge in [-0.15, -0.1) is 6.58 Å². The number of aryl methyl sites for hydroxylation is 1. The van der Waals surface area contributed by atoms with Gasteiger partial charge in [0, 0.05) is 25.9 Å². The molecule has 0 radical (unpaired) electrons. The largest absolute Gasteiger partial charge is 0.508 e. The molecule has 3 aromatic rings. The summed E-state index contributed by atoms with van der Waals surface area (Å²) < 4.78 is 5.82. The molecule has 1 N–H and O–H groups in total. The van der Waals surface area contributed by atoms with Gasteiger partial charge >= 0.3 is 0 Å². The molecular formula is C36H42N4O5. The van der Waals surface area contributed by atoms with Crippen molar-refractivity contribution in [2.24, 2.45) is 0 Å². The number of nitrogens with zero attached hydrogens (tertiary/aromatic N) is 4. The maximum Gasteiger partial charge on any atom is 0.246 e. The molecule has 5 rings (SSSR count). The molecule has 2 aliphatic rings. The van der Waals surface area contributed by atoms with Crippen molar-refractivity contribution in [2.75, 3.05) is 26.2 Å². The number of carbonyl (C=O) groups is 3. The minimum Gasteiger partial charge on any atom is -0.508 e. The molecule has 2 saturated heterocycles. The van der Waals surface area contributed by atoms with Crippen LogP contribution in [0.15, 0.2) is 91.5 Å². The molecule has 45 heavy (non-hydrogen) atoms. The molecule has 0 spiro atoms. The Morgan fingerprint density at radius 1 is 0.978 bits per heavy atom. The van der Waals surface area contributed by atoms with E-state index >= 15 is 0 Å². The van der Waals surface area contributed by atoms with E-state index in [1.54, 1.807) is 50.2 Å². The van der Waals surface area contributed by atoms with E-state index in [0.29, 0.717) is 26.1 Å². The molecule has 0 saturated carbocycles. The lowest BCUT2D eigenvalue weighted by atomic mass is 9.98. The smallest absolute Gasteiger partial charge is 0.246 e. The average Bonchev–Trinajstić information content (AvgIpc) is 3.04. The first kappa shape index (κ1) is 31.8. The fourth-order valence-corrected chi connectivity index (χ4v) is 6.02. The molecule has 2 aliphatic heterocycles. The SMILES string of the molecule is C=CCN1CC(=O)N2[C@@H](Cc3ccc(O)cc3)C(=O)N(Cc3ccc(OCCCC)cc3)C[C@@H]2N1C(=O)CCc1ccccc1. The molecule has 236 valence electrons. The minimum absolute atomic E-state index is 0.0293. The Hall–Kier alpha value is -4.63. The predicted molar refractivity (Wildman–Crippen MR) is 172 cm³/mol. The van der Waals surface area contributed by atoms with Gasteiger partial charge in [-0.2, -0.15) is 0 Å². The number of amides is 3. The highest BCUT2D eigenvalue weighted by Gasteiger charge is 2.50. The lowest BCUT2D eigenvalue weighted by Gasteiger charge is -2.55. The summed E-state index contributed by atoms with van der Waals surface area (Å²) in [7, 11) is 0. The van der Waals surface area contributed by atoms with Gasteiger partial charge in [-0.1, -0.05) is 74.0 Å². The summed E-state index contributed by atoms with van der Waals surface area (Å²) in [5.41, 5.74) is 2.79. The van der Waals surface area contributed by atoms with Crippen molar-refractivity contribution in [1.82, 2.24) is 19.8 Å². The van der Waals surface area contributed by atoms with E-state index in [2.05, 4.69) is 13.5 Å². The second-order valence-corrected chi connectivity index (χ2v) is 11.6. The molecule has 2 atom stereocenters. The van der Waals surface area contributed by atoms with Crippen LogP contribution in [-0.2, 0) is 33.8 Å². The lowest BCUT2D eigenvalue weighted by Crippen LogP contribution is -2.75. The van der Waals surface area contributed by atoms with E-state index in [0.717, 1.165) is 35.3 Å². The van der Waals surface area contributed by atoms with Crippen molar-refractivity contribution in [3.63, 3.8) is 0 Å². The molecule has 0 unspecified atom stereocenters. The Morgan fingerprint density at radius 2 is 1.69 bits per heavy atom. The highest BCUT2D eigenvalue weighted by atomic mass is 16.5. The first-order valence-electron chi connectivity index (χ1n) is 15.7.